The van der Waals surface area contributed by atoms with E-state index in [1.165, 1.54) is 0 Å². The van der Waals surface area contributed by atoms with Crippen LogP contribution in [0.4, 0.5) is 0 Å². The summed E-state index contributed by atoms with van der Waals surface area (Å²) in [6.45, 7) is 9.05. The number of hydrogen-bond donors (Lipinski definition) is 2. The van der Waals surface area contributed by atoms with Crippen LogP contribution in [0.5, 0.6) is 0 Å². The molecule has 0 aromatic carbocycles. The second kappa shape index (κ2) is 7.76. The molecule has 1 atom stereocenters. The molecule has 14 heavy (non-hydrogen) atoms. The normalized spacial score (nSPS) is 12.9. The molecule has 4 heteroatoms. The van der Waals surface area contributed by atoms with E-state index in [0.29, 0.717) is 13.1 Å². The van der Waals surface area contributed by atoms with Crippen molar-refractivity contribution < 1.29 is 4.79 Å². The first-order valence-electron chi connectivity index (χ1n) is 5.34. The van der Waals surface area contributed by atoms with E-state index < -0.39 is 0 Å². The van der Waals surface area contributed by atoms with Crippen LogP contribution in [0.3, 0.4) is 0 Å². The summed E-state index contributed by atoms with van der Waals surface area (Å²) in [7, 11) is 0. The van der Waals surface area contributed by atoms with E-state index in [-0.39, 0.29) is 11.9 Å². The Hall–Kier alpha value is -0.610. The Morgan fingerprint density at radius 2 is 2.00 bits per heavy atom. The van der Waals surface area contributed by atoms with Gasteiger partial charge in [-0.05, 0) is 26.4 Å². The van der Waals surface area contributed by atoms with Gasteiger partial charge in [-0.3, -0.25) is 9.69 Å². The summed E-state index contributed by atoms with van der Waals surface area (Å²) < 4.78 is 0. The number of nitrogens with two attached hydrogens (primary N) is 1. The fourth-order valence-electron chi connectivity index (χ4n) is 1.15. The third kappa shape index (κ3) is 6.86. The van der Waals surface area contributed by atoms with Crippen molar-refractivity contribution in [2.24, 2.45) is 5.73 Å². The number of likely N-dealkylation sites (N-methyl/N-ethyl adjacent to an activating group) is 1. The molecule has 0 aliphatic heterocycles. The Balaban J connectivity index is 3.54. The Kier molecular flexibility index (Phi) is 7.42. The predicted octanol–water partition coefficient (Wildman–Crippen LogP) is 0.182. The maximum Gasteiger partial charge on any atom is 0.234 e. The molecule has 0 radical (unpaired) electrons. The molecule has 1 amide bonds. The minimum Gasteiger partial charge on any atom is -0.355 e. The van der Waals surface area contributed by atoms with Crippen LogP contribution in [0.25, 0.3) is 0 Å². The van der Waals surface area contributed by atoms with Crippen molar-refractivity contribution in [1.29, 1.82) is 0 Å². The van der Waals surface area contributed by atoms with Gasteiger partial charge in [-0.25, -0.2) is 0 Å². The van der Waals surface area contributed by atoms with Crippen molar-refractivity contribution in [2.45, 2.75) is 33.2 Å². The predicted molar refractivity (Wildman–Crippen MR) is 59.1 cm³/mol. The maximum absolute atomic E-state index is 11.4. The van der Waals surface area contributed by atoms with Crippen molar-refractivity contribution >= 4 is 5.91 Å². The van der Waals surface area contributed by atoms with Crippen LogP contribution in [0.2, 0.25) is 0 Å². The topological polar surface area (TPSA) is 58.4 Å². The number of amides is 1. The third-order valence-electron chi connectivity index (χ3n) is 2.18. The summed E-state index contributed by atoms with van der Waals surface area (Å²) in [5.74, 6) is 0.0920. The van der Waals surface area contributed by atoms with Crippen LogP contribution in [-0.2, 0) is 4.79 Å². The van der Waals surface area contributed by atoms with Crippen LogP contribution in [0, 0.1) is 0 Å². The second-order valence-corrected chi connectivity index (χ2v) is 3.58. The lowest BCUT2D eigenvalue weighted by Gasteiger charge is -2.17. The molecule has 0 heterocycles. The van der Waals surface area contributed by atoms with Crippen molar-refractivity contribution in [3.05, 3.63) is 0 Å². The highest BCUT2D eigenvalue weighted by Crippen LogP contribution is 1.87. The molecule has 1 unspecified atom stereocenters. The van der Waals surface area contributed by atoms with Gasteiger partial charge in [-0.2, -0.15) is 0 Å². The largest absolute Gasteiger partial charge is 0.355 e. The van der Waals surface area contributed by atoms with E-state index in [4.69, 9.17) is 5.73 Å². The Morgan fingerprint density at radius 3 is 2.43 bits per heavy atom. The van der Waals surface area contributed by atoms with Crippen molar-refractivity contribution in [3.63, 3.8) is 0 Å². The molecular weight excluding hydrogens is 178 g/mol. The van der Waals surface area contributed by atoms with E-state index in [9.17, 15) is 4.79 Å². The van der Waals surface area contributed by atoms with Gasteiger partial charge < -0.3 is 11.1 Å². The van der Waals surface area contributed by atoms with Crippen LogP contribution in [0.15, 0.2) is 0 Å². The molecular formula is C10H23N3O. The zero-order chi connectivity index (χ0) is 11.0. The van der Waals surface area contributed by atoms with Crippen molar-refractivity contribution in [1.82, 2.24) is 10.2 Å². The van der Waals surface area contributed by atoms with E-state index in [2.05, 4.69) is 24.1 Å². The van der Waals surface area contributed by atoms with Gasteiger partial charge in [0.25, 0.3) is 0 Å². The van der Waals surface area contributed by atoms with Gasteiger partial charge >= 0.3 is 0 Å². The van der Waals surface area contributed by atoms with Crippen LogP contribution in [0.1, 0.15) is 27.2 Å². The number of hydrogen-bond acceptors (Lipinski definition) is 3. The smallest absolute Gasteiger partial charge is 0.234 e. The summed E-state index contributed by atoms with van der Waals surface area (Å²) in [5.41, 5.74) is 5.57. The van der Waals surface area contributed by atoms with Crippen molar-refractivity contribution in [3.8, 4) is 0 Å². The number of nitrogens with zero attached hydrogens (tertiary/aromatic N) is 1. The lowest BCUT2D eigenvalue weighted by Crippen LogP contribution is -2.38. The van der Waals surface area contributed by atoms with Gasteiger partial charge in [0, 0.05) is 12.6 Å². The van der Waals surface area contributed by atoms with Crippen molar-refractivity contribution in [2.75, 3.05) is 26.2 Å². The first kappa shape index (κ1) is 13.4. The molecule has 0 aromatic rings. The highest BCUT2D eigenvalue weighted by Gasteiger charge is 2.06. The van der Waals surface area contributed by atoms with Crippen LogP contribution < -0.4 is 11.1 Å². The van der Waals surface area contributed by atoms with E-state index >= 15 is 0 Å². The molecule has 0 rings (SSSR count). The lowest BCUT2D eigenvalue weighted by molar-refractivity contribution is -0.122. The second-order valence-electron chi connectivity index (χ2n) is 3.58. The van der Waals surface area contributed by atoms with Gasteiger partial charge in [0.15, 0.2) is 0 Å². The molecule has 84 valence electrons. The van der Waals surface area contributed by atoms with Crippen LogP contribution >= 0.6 is 0 Å². The highest BCUT2D eigenvalue weighted by molar-refractivity contribution is 5.77. The molecule has 0 aliphatic carbocycles. The summed E-state index contributed by atoms with van der Waals surface area (Å²) in [5, 5.41) is 2.85. The first-order valence-corrected chi connectivity index (χ1v) is 5.34. The zero-order valence-corrected chi connectivity index (χ0v) is 9.55. The standard InChI is InChI=1S/C10H23N3O/c1-4-13(5-2)8-10(14)12-7-6-9(3)11/h9H,4-8,11H2,1-3H3,(H,12,14). The molecule has 0 spiro atoms. The van der Waals surface area contributed by atoms with Gasteiger partial charge in [0.1, 0.15) is 0 Å². The SMILES string of the molecule is CCN(CC)CC(=O)NCCC(C)N. The monoisotopic (exact) mass is 201 g/mol. The average Bonchev–Trinajstić information content (AvgIpc) is 2.13. The number of nitrogens with one attached hydrogen (secondary N) is 1. The Labute approximate surface area is 86.8 Å². The number of carbonyl (C=O) groups is 1. The quantitative estimate of drug-likeness (QED) is 0.618. The molecule has 0 bridgehead atoms. The van der Waals surface area contributed by atoms with E-state index in [0.717, 1.165) is 19.5 Å². The summed E-state index contributed by atoms with van der Waals surface area (Å²) in [6.07, 6.45) is 0.837. The molecule has 3 N–H and O–H groups in total. The minimum absolute atomic E-state index is 0.0920. The molecule has 0 saturated heterocycles. The van der Waals surface area contributed by atoms with Gasteiger partial charge in [0.2, 0.25) is 5.91 Å². The molecule has 0 fully saturated rings. The molecule has 0 aliphatic rings. The highest BCUT2D eigenvalue weighted by atomic mass is 16.2. The molecule has 4 nitrogen and oxygen atoms in total. The summed E-state index contributed by atoms with van der Waals surface area (Å²) in [4.78, 5) is 13.4. The fourth-order valence-corrected chi connectivity index (χ4v) is 1.15. The fraction of sp³-hybridized carbons (Fsp3) is 0.900. The Bertz CT molecular complexity index is 155. The maximum atomic E-state index is 11.4. The Morgan fingerprint density at radius 1 is 1.43 bits per heavy atom. The zero-order valence-electron chi connectivity index (χ0n) is 9.55. The molecule has 0 aromatic heterocycles. The van der Waals surface area contributed by atoms with E-state index in [1.807, 2.05) is 6.92 Å². The number of carbonyl (C=O) groups excluding carboxylic acids is 1. The van der Waals surface area contributed by atoms with Gasteiger partial charge in [-0.1, -0.05) is 13.8 Å². The number of rotatable bonds is 7. The first-order chi connectivity index (χ1) is 6.60. The minimum atomic E-state index is 0.0920. The average molecular weight is 201 g/mol. The van der Waals surface area contributed by atoms with Gasteiger partial charge in [0.05, 0.1) is 6.54 Å². The lowest BCUT2D eigenvalue weighted by atomic mass is 10.2. The third-order valence-corrected chi connectivity index (χ3v) is 2.18. The summed E-state index contributed by atoms with van der Waals surface area (Å²) >= 11 is 0. The van der Waals surface area contributed by atoms with Crippen LogP contribution in [-0.4, -0.2) is 43.0 Å². The molecule has 0 saturated carbocycles. The van der Waals surface area contributed by atoms with E-state index in [1.54, 1.807) is 0 Å². The summed E-state index contributed by atoms with van der Waals surface area (Å²) in [6, 6.07) is 0.156. The van der Waals surface area contributed by atoms with Gasteiger partial charge in [-0.15, -0.1) is 0 Å².